The number of nitrogens with zero attached hydrogens (tertiary/aromatic N) is 1. The van der Waals surface area contributed by atoms with E-state index in [2.05, 4.69) is 21.2 Å². The van der Waals surface area contributed by atoms with Gasteiger partial charge in [0.1, 0.15) is 16.0 Å². The number of hydrogen-bond acceptors (Lipinski definition) is 6. The van der Waals surface area contributed by atoms with Crippen molar-refractivity contribution in [1.82, 2.24) is 10.2 Å². The number of halogens is 1. The summed E-state index contributed by atoms with van der Waals surface area (Å²) >= 11 is 3.30. The lowest BCUT2D eigenvalue weighted by Gasteiger charge is -2.18. The number of carbonyl (C=O) groups is 3. The molecule has 1 N–H and O–H groups in total. The Morgan fingerprint density at radius 2 is 1.83 bits per heavy atom. The van der Waals surface area contributed by atoms with Gasteiger partial charge in [-0.05, 0) is 35.0 Å². The molecule has 1 atom stereocenters. The molecule has 0 unspecified atom stereocenters. The predicted octanol–water partition coefficient (Wildman–Crippen LogP) is 1.56. The monoisotopic (exact) mass is 400 g/mol. The third-order valence-corrected chi connectivity index (χ3v) is 4.22. The fourth-order valence-corrected chi connectivity index (χ4v) is 2.72. The van der Waals surface area contributed by atoms with Crippen molar-refractivity contribution < 1.29 is 28.6 Å². The zero-order chi connectivity index (χ0) is 17.9. The molecule has 2 rings (SSSR count). The van der Waals surface area contributed by atoms with Crippen molar-refractivity contribution in [3.05, 3.63) is 22.2 Å². The molecule has 3 amide bonds. The van der Waals surface area contributed by atoms with Crippen molar-refractivity contribution in [1.29, 1.82) is 0 Å². The van der Waals surface area contributed by atoms with Gasteiger partial charge in [0.15, 0.2) is 6.10 Å². The Balaban J connectivity index is 2.14. The normalized spacial score (nSPS) is 14.8. The maximum atomic E-state index is 12.3. The molecule has 1 aromatic carbocycles. The van der Waals surface area contributed by atoms with Gasteiger partial charge in [-0.3, -0.25) is 9.69 Å². The number of benzene rings is 1. The first-order valence-corrected chi connectivity index (χ1v) is 7.90. The van der Waals surface area contributed by atoms with E-state index in [0.29, 0.717) is 22.5 Å². The van der Waals surface area contributed by atoms with E-state index in [1.54, 1.807) is 0 Å². The summed E-state index contributed by atoms with van der Waals surface area (Å²) in [6.07, 6.45) is -1.10. The minimum Gasteiger partial charge on any atom is -0.495 e. The average Bonchev–Trinajstić information content (AvgIpc) is 3.00. The van der Waals surface area contributed by atoms with Gasteiger partial charge in [-0.1, -0.05) is 0 Å². The van der Waals surface area contributed by atoms with E-state index in [9.17, 15) is 14.4 Å². The molecule has 1 heterocycles. The first-order valence-electron chi connectivity index (χ1n) is 7.10. The number of imide groups is 1. The largest absolute Gasteiger partial charge is 0.495 e. The van der Waals surface area contributed by atoms with Crippen LogP contribution in [-0.4, -0.2) is 56.2 Å². The van der Waals surface area contributed by atoms with Crippen LogP contribution in [0.3, 0.4) is 0 Å². The molecule has 0 bridgehead atoms. The van der Waals surface area contributed by atoms with Crippen LogP contribution < -0.4 is 14.8 Å². The molecule has 1 aliphatic rings. The fourth-order valence-electron chi connectivity index (χ4n) is 2.17. The van der Waals surface area contributed by atoms with Gasteiger partial charge in [-0.25, -0.2) is 9.59 Å². The van der Waals surface area contributed by atoms with Gasteiger partial charge in [0.25, 0.3) is 5.91 Å². The SMILES string of the molecule is COc1cc(C(=O)O[C@@H](C)C(=O)N2CCNC2=O)cc(OC)c1Br. The minimum absolute atomic E-state index is 0.164. The van der Waals surface area contributed by atoms with Gasteiger partial charge in [0, 0.05) is 13.1 Å². The molecular weight excluding hydrogens is 384 g/mol. The van der Waals surface area contributed by atoms with Crippen molar-refractivity contribution in [3.8, 4) is 11.5 Å². The molecule has 0 aromatic heterocycles. The fraction of sp³-hybridized carbons (Fsp3) is 0.400. The van der Waals surface area contributed by atoms with Gasteiger partial charge in [0.05, 0.1) is 19.8 Å². The summed E-state index contributed by atoms with van der Waals surface area (Å²) in [5, 5.41) is 2.51. The van der Waals surface area contributed by atoms with E-state index in [4.69, 9.17) is 14.2 Å². The number of nitrogens with one attached hydrogen (secondary N) is 1. The summed E-state index contributed by atoms with van der Waals surface area (Å²) < 4.78 is 16.0. The lowest BCUT2D eigenvalue weighted by molar-refractivity contribution is -0.136. The van der Waals surface area contributed by atoms with E-state index < -0.39 is 24.0 Å². The molecule has 24 heavy (non-hydrogen) atoms. The van der Waals surface area contributed by atoms with Gasteiger partial charge in [-0.15, -0.1) is 0 Å². The van der Waals surface area contributed by atoms with Crippen LogP contribution in [0.25, 0.3) is 0 Å². The van der Waals surface area contributed by atoms with Crippen LogP contribution in [0.1, 0.15) is 17.3 Å². The van der Waals surface area contributed by atoms with Crippen LogP contribution >= 0.6 is 15.9 Å². The van der Waals surface area contributed by atoms with Crippen LogP contribution in [-0.2, 0) is 9.53 Å². The summed E-state index contributed by atoms with van der Waals surface area (Å²) in [6, 6.07) is 2.44. The Kier molecular flexibility index (Phi) is 5.66. The third kappa shape index (κ3) is 3.61. The van der Waals surface area contributed by atoms with E-state index in [0.717, 1.165) is 4.90 Å². The van der Waals surface area contributed by atoms with Gasteiger partial charge in [-0.2, -0.15) is 0 Å². The van der Waals surface area contributed by atoms with Gasteiger partial charge >= 0.3 is 12.0 Å². The van der Waals surface area contributed by atoms with E-state index >= 15 is 0 Å². The second kappa shape index (κ2) is 7.52. The highest BCUT2D eigenvalue weighted by Gasteiger charge is 2.32. The highest BCUT2D eigenvalue weighted by molar-refractivity contribution is 9.10. The highest BCUT2D eigenvalue weighted by Crippen LogP contribution is 2.35. The average molecular weight is 401 g/mol. The lowest BCUT2D eigenvalue weighted by atomic mass is 10.2. The molecule has 8 nitrogen and oxygen atoms in total. The number of carbonyl (C=O) groups excluding carboxylic acids is 3. The highest BCUT2D eigenvalue weighted by atomic mass is 79.9. The molecule has 0 spiro atoms. The molecule has 1 fully saturated rings. The van der Waals surface area contributed by atoms with Crippen LogP contribution in [0.5, 0.6) is 11.5 Å². The first-order chi connectivity index (χ1) is 11.4. The molecule has 0 saturated carbocycles. The number of rotatable bonds is 5. The van der Waals surface area contributed by atoms with Crippen LogP contribution in [0.2, 0.25) is 0 Å². The maximum Gasteiger partial charge on any atom is 0.339 e. The molecule has 1 aliphatic heterocycles. The first kappa shape index (κ1) is 18.1. The summed E-state index contributed by atoms with van der Waals surface area (Å²) in [4.78, 5) is 36.9. The van der Waals surface area contributed by atoms with Crippen molar-refractivity contribution in [2.75, 3.05) is 27.3 Å². The molecule has 9 heteroatoms. The van der Waals surface area contributed by atoms with Gasteiger partial charge < -0.3 is 19.5 Å². The standard InChI is InChI=1S/C15H17BrN2O6/c1-8(13(19)18-5-4-17-15(18)21)24-14(20)9-6-10(22-2)12(16)11(7-9)23-3/h6-8H,4-5H2,1-3H3,(H,17,21)/t8-/m0/s1. The van der Waals surface area contributed by atoms with Crippen LogP contribution in [0, 0.1) is 0 Å². The smallest absolute Gasteiger partial charge is 0.339 e. The van der Waals surface area contributed by atoms with Crippen molar-refractivity contribution in [2.24, 2.45) is 0 Å². The number of urea groups is 1. The Morgan fingerprint density at radius 3 is 2.29 bits per heavy atom. The second-order valence-corrected chi connectivity index (χ2v) is 5.76. The van der Waals surface area contributed by atoms with Crippen LogP contribution in [0.15, 0.2) is 16.6 Å². The van der Waals surface area contributed by atoms with Crippen molar-refractivity contribution in [2.45, 2.75) is 13.0 Å². The number of amides is 3. The molecular formula is C15H17BrN2O6. The van der Waals surface area contributed by atoms with E-state index in [1.807, 2.05) is 0 Å². The molecule has 1 saturated heterocycles. The van der Waals surface area contributed by atoms with Gasteiger partial charge in [0.2, 0.25) is 0 Å². The summed E-state index contributed by atoms with van der Waals surface area (Å²) in [6.45, 7) is 2.05. The molecule has 0 aliphatic carbocycles. The van der Waals surface area contributed by atoms with Crippen molar-refractivity contribution in [3.63, 3.8) is 0 Å². The molecule has 130 valence electrons. The quantitative estimate of drug-likeness (QED) is 0.753. The second-order valence-electron chi connectivity index (χ2n) is 4.96. The summed E-state index contributed by atoms with van der Waals surface area (Å²) in [5.41, 5.74) is 0.164. The lowest BCUT2D eigenvalue weighted by Crippen LogP contribution is -2.41. The topological polar surface area (TPSA) is 94.2 Å². The zero-order valence-electron chi connectivity index (χ0n) is 13.4. The zero-order valence-corrected chi connectivity index (χ0v) is 15.0. The van der Waals surface area contributed by atoms with E-state index in [-0.39, 0.29) is 12.1 Å². The summed E-state index contributed by atoms with van der Waals surface area (Å²) in [7, 11) is 2.90. The Hall–Kier alpha value is -2.29. The molecule has 0 radical (unpaired) electrons. The maximum absolute atomic E-state index is 12.3. The minimum atomic E-state index is -1.10. The Labute approximate surface area is 147 Å². The van der Waals surface area contributed by atoms with Crippen LogP contribution in [0.4, 0.5) is 4.79 Å². The molecule has 1 aromatic rings. The van der Waals surface area contributed by atoms with E-state index in [1.165, 1.54) is 33.3 Å². The number of hydrogen-bond donors (Lipinski definition) is 1. The van der Waals surface area contributed by atoms with Crippen molar-refractivity contribution >= 4 is 33.8 Å². The number of methoxy groups -OCH3 is 2. The summed E-state index contributed by atoms with van der Waals surface area (Å²) in [5.74, 6) is -0.521. The Bertz CT molecular complexity index is 653. The number of ether oxygens (including phenoxy) is 3. The predicted molar refractivity (Wildman–Crippen MR) is 87.2 cm³/mol. The third-order valence-electron chi connectivity index (χ3n) is 3.44. The number of esters is 1. The Morgan fingerprint density at radius 1 is 1.25 bits per heavy atom.